The number of pyridine rings is 1. The number of aromatic nitrogens is 4. The van der Waals surface area contributed by atoms with Crippen LogP contribution in [-0.2, 0) is 27.5 Å². The van der Waals surface area contributed by atoms with Gasteiger partial charge in [-0.1, -0.05) is 17.3 Å². The minimum atomic E-state index is -0.727. The first-order chi connectivity index (χ1) is 16.4. The third-order valence-electron chi connectivity index (χ3n) is 5.73. The van der Waals surface area contributed by atoms with E-state index in [4.69, 9.17) is 5.73 Å². The van der Waals surface area contributed by atoms with Gasteiger partial charge >= 0.3 is 0 Å². The van der Waals surface area contributed by atoms with Crippen LogP contribution in [0.2, 0.25) is 0 Å². The smallest absolute Gasteiger partial charge is 0.255 e. The van der Waals surface area contributed by atoms with Crippen LogP contribution in [0.25, 0.3) is 11.4 Å². The fourth-order valence-electron chi connectivity index (χ4n) is 4.13. The molecule has 4 N–H and O–H groups in total. The van der Waals surface area contributed by atoms with Gasteiger partial charge in [-0.05, 0) is 30.7 Å². The maximum atomic E-state index is 12.9. The molecule has 0 bridgehead atoms. The Morgan fingerprint density at radius 2 is 1.97 bits per heavy atom. The number of nitrogens with two attached hydrogens (primary N) is 1. The number of rotatable bonds is 5. The second-order valence-electron chi connectivity index (χ2n) is 8.03. The van der Waals surface area contributed by atoms with Gasteiger partial charge < -0.3 is 16.0 Å². The van der Waals surface area contributed by atoms with E-state index in [1.54, 1.807) is 42.6 Å². The van der Waals surface area contributed by atoms with E-state index in [9.17, 15) is 19.2 Å². The predicted molar refractivity (Wildman–Crippen MR) is 119 cm³/mol. The molecule has 0 radical (unpaired) electrons. The predicted octanol–water partition coefficient (Wildman–Crippen LogP) is 0.322. The Balaban J connectivity index is 1.29. The van der Waals surface area contributed by atoms with Crippen molar-refractivity contribution >= 4 is 35.1 Å². The molecule has 1 saturated heterocycles. The van der Waals surface area contributed by atoms with Crippen LogP contribution in [-0.4, -0.2) is 54.5 Å². The van der Waals surface area contributed by atoms with Crippen LogP contribution in [0.3, 0.4) is 0 Å². The molecule has 0 aliphatic carbocycles. The maximum Gasteiger partial charge on any atom is 0.255 e. The molecule has 1 aromatic carbocycles. The van der Waals surface area contributed by atoms with Gasteiger partial charge in [0.25, 0.3) is 5.91 Å². The van der Waals surface area contributed by atoms with Crippen LogP contribution < -0.4 is 16.4 Å². The van der Waals surface area contributed by atoms with Crippen molar-refractivity contribution in [1.82, 2.24) is 30.2 Å². The van der Waals surface area contributed by atoms with E-state index < -0.39 is 11.9 Å². The Labute approximate surface area is 193 Å². The van der Waals surface area contributed by atoms with E-state index in [-0.39, 0.29) is 43.7 Å². The van der Waals surface area contributed by atoms with E-state index in [1.807, 2.05) is 0 Å². The molecule has 1 fully saturated rings. The molecule has 1 unspecified atom stereocenters. The molecule has 3 aromatic rings. The molecular formula is C22H20N8O4. The van der Waals surface area contributed by atoms with Crippen molar-refractivity contribution in [3.63, 3.8) is 0 Å². The monoisotopic (exact) mass is 460 g/mol. The van der Waals surface area contributed by atoms with Crippen molar-refractivity contribution in [2.75, 3.05) is 11.1 Å². The van der Waals surface area contributed by atoms with Gasteiger partial charge in [0.2, 0.25) is 17.7 Å². The molecule has 172 valence electrons. The Morgan fingerprint density at radius 3 is 2.76 bits per heavy atom. The lowest BCUT2D eigenvalue weighted by molar-refractivity contribution is -0.137. The Hall–Kier alpha value is -4.61. The number of nitrogens with one attached hydrogen (secondary N) is 2. The third kappa shape index (κ3) is 3.96. The molecule has 2 aliphatic rings. The largest absolute Gasteiger partial charge is 0.384 e. The first kappa shape index (κ1) is 21.2. The number of nitrogens with zero attached hydrogens (tertiary/aromatic N) is 5. The molecule has 4 amide bonds. The lowest BCUT2D eigenvalue weighted by atomic mass is 10.0. The number of carbonyl (C=O) groups excluding carboxylic acids is 4. The number of hydrogen-bond acceptors (Lipinski definition) is 8. The van der Waals surface area contributed by atoms with Crippen LogP contribution in [0.15, 0.2) is 42.6 Å². The molecule has 1 atom stereocenters. The van der Waals surface area contributed by atoms with Gasteiger partial charge in [-0.2, -0.15) is 0 Å². The van der Waals surface area contributed by atoms with Crippen LogP contribution in [0.5, 0.6) is 0 Å². The summed E-state index contributed by atoms with van der Waals surface area (Å²) in [6.45, 7) is 0.0508. The number of amides is 4. The summed E-state index contributed by atoms with van der Waals surface area (Å²) >= 11 is 0. The van der Waals surface area contributed by atoms with Crippen molar-refractivity contribution in [3.8, 4) is 11.4 Å². The number of anilines is 2. The highest BCUT2D eigenvalue weighted by atomic mass is 16.2. The lowest BCUT2D eigenvalue weighted by Crippen LogP contribution is -2.52. The maximum absolute atomic E-state index is 12.9. The van der Waals surface area contributed by atoms with E-state index in [1.165, 1.54) is 9.58 Å². The first-order valence-corrected chi connectivity index (χ1v) is 10.6. The van der Waals surface area contributed by atoms with E-state index >= 15 is 0 Å². The minimum absolute atomic E-state index is 0.107. The summed E-state index contributed by atoms with van der Waals surface area (Å²) in [6, 6.07) is 9.44. The first-order valence-electron chi connectivity index (χ1n) is 10.6. The fourth-order valence-corrected chi connectivity index (χ4v) is 4.13. The lowest BCUT2D eigenvalue weighted by Gasteiger charge is -2.29. The number of benzene rings is 1. The molecule has 4 heterocycles. The third-order valence-corrected chi connectivity index (χ3v) is 5.73. The zero-order chi connectivity index (χ0) is 23.8. The normalized spacial score (nSPS) is 17.5. The number of imide groups is 1. The van der Waals surface area contributed by atoms with Crippen molar-refractivity contribution < 1.29 is 19.2 Å². The number of piperidine rings is 1. The van der Waals surface area contributed by atoms with Crippen molar-refractivity contribution in [2.24, 2.45) is 0 Å². The molecular weight excluding hydrogens is 440 g/mol. The minimum Gasteiger partial charge on any atom is -0.384 e. The van der Waals surface area contributed by atoms with Gasteiger partial charge in [0.15, 0.2) is 0 Å². The van der Waals surface area contributed by atoms with Crippen LogP contribution in [0.1, 0.15) is 28.8 Å². The number of carbonyl (C=O) groups is 4. The van der Waals surface area contributed by atoms with E-state index in [0.717, 1.165) is 0 Å². The number of fused-ring (bicyclic) bond motifs is 1. The molecule has 2 aliphatic heterocycles. The van der Waals surface area contributed by atoms with Crippen molar-refractivity contribution in [3.05, 3.63) is 53.7 Å². The highest BCUT2D eigenvalue weighted by Gasteiger charge is 2.39. The van der Waals surface area contributed by atoms with Gasteiger partial charge in [-0.3, -0.25) is 24.5 Å². The highest BCUT2D eigenvalue weighted by molar-refractivity contribution is 6.06. The van der Waals surface area contributed by atoms with Crippen LogP contribution >= 0.6 is 0 Å². The average molecular weight is 460 g/mol. The highest BCUT2D eigenvalue weighted by Crippen LogP contribution is 2.32. The van der Waals surface area contributed by atoms with E-state index in [2.05, 4.69) is 25.9 Å². The second kappa shape index (κ2) is 8.39. The Morgan fingerprint density at radius 1 is 1.15 bits per heavy atom. The van der Waals surface area contributed by atoms with Gasteiger partial charge in [0.1, 0.15) is 24.1 Å². The molecule has 12 heteroatoms. The van der Waals surface area contributed by atoms with Crippen LogP contribution in [0, 0.1) is 0 Å². The van der Waals surface area contributed by atoms with Gasteiger partial charge in [-0.15, -0.1) is 5.10 Å². The molecule has 0 saturated carbocycles. The fraction of sp³-hybridized carbons (Fsp3) is 0.227. The van der Waals surface area contributed by atoms with E-state index in [0.29, 0.717) is 34.0 Å². The molecule has 2 aromatic heterocycles. The summed E-state index contributed by atoms with van der Waals surface area (Å²) in [5.41, 5.74) is 8.23. The second-order valence-corrected chi connectivity index (χ2v) is 8.03. The number of nitrogen functional groups attached to an aromatic ring is 1. The summed E-state index contributed by atoms with van der Waals surface area (Å²) < 4.78 is 1.37. The zero-order valence-electron chi connectivity index (χ0n) is 17.9. The van der Waals surface area contributed by atoms with Crippen LogP contribution in [0.4, 0.5) is 11.5 Å². The number of hydrogen-bond donors (Lipinski definition) is 3. The zero-order valence-corrected chi connectivity index (χ0v) is 17.9. The summed E-state index contributed by atoms with van der Waals surface area (Å²) in [4.78, 5) is 54.9. The Bertz CT molecular complexity index is 1330. The summed E-state index contributed by atoms with van der Waals surface area (Å²) in [5.74, 6) is -1.15. The summed E-state index contributed by atoms with van der Waals surface area (Å²) in [5, 5.41) is 13.1. The van der Waals surface area contributed by atoms with Gasteiger partial charge in [0.05, 0.1) is 11.9 Å². The van der Waals surface area contributed by atoms with Crippen molar-refractivity contribution in [1.29, 1.82) is 0 Å². The standard InChI is InChI=1S/C22H20N8O4/c23-18-6-2-5-15(24-18)16-10-29(28-27-16)11-20(32)25-14-4-1-3-12-13(14)9-30(22(12)34)17-7-8-19(31)26-21(17)33/h1-6,10,17H,7-9,11H2,(H2,23,24)(H,25,32)(H,26,31,33). The quantitative estimate of drug-likeness (QED) is 0.458. The van der Waals surface area contributed by atoms with Gasteiger partial charge in [0, 0.05) is 29.8 Å². The molecule has 5 rings (SSSR count). The average Bonchev–Trinajstić information content (AvgIpc) is 3.39. The van der Waals surface area contributed by atoms with Gasteiger partial charge in [-0.25, -0.2) is 9.67 Å². The molecule has 12 nitrogen and oxygen atoms in total. The molecule has 0 spiro atoms. The van der Waals surface area contributed by atoms with Crippen molar-refractivity contribution in [2.45, 2.75) is 32.0 Å². The summed E-state index contributed by atoms with van der Waals surface area (Å²) in [6.07, 6.45) is 2.03. The SMILES string of the molecule is Nc1cccc(-c2cn(CC(=O)Nc3cccc4c3CN(C3CCC(=O)NC3=O)C4=O)nn2)n1. The summed E-state index contributed by atoms with van der Waals surface area (Å²) in [7, 11) is 0. The molecule has 34 heavy (non-hydrogen) atoms. The Kier molecular flexibility index (Phi) is 5.24. The topological polar surface area (TPSA) is 165 Å².